The molecular weight excluding hydrogens is 466 g/mol. The zero-order valence-electron chi connectivity index (χ0n) is 19.4. The van der Waals surface area contributed by atoms with Crippen LogP contribution < -0.4 is 15.5 Å². The molecule has 0 bridgehead atoms. The predicted octanol–water partition coefficient (Wildman–Crippen LogP) is 4.99. The van der Waals surface area contributed by atoms with Crippen molar-refractivity contribution in [1.29, 1.82) is 0 Å². The standard InChI is InChI=1S/C26H29N3O3S2/c1-17-11-12-20(15-18(17)2)29(23(30)16-27-25(31)22-10-6-14-34-22)24(21-9-5-13-33-21)26(32)28-19-7-3-4-8-19/h5-6,9-15,19,24H,3-4,7-8,16H2,1-2H3,(H,27,31)(H,28,32). The molecule has 6 nitrogen and oxygen atoms in total. The van der Waals surface area contributed by atoms with Gasteiger partial charge in [0.05, 0.1) is 11.4 Å². The first-order valence-corrected chi connectivity index (χ1v) is 13.2. The van der Waals surface area contributed by atoms with Gasteiger partial charge in [0.15, 0.2) is 0 Å². The Balaban J connectivity index is 1.66. The molecule has 1 atom stereocenters. The van der Waals surface area contributed by atoms with E-state index in [0.717, 1.165) is 41.7 Å². The molecule has 1 aliphatic rings. The number of anilines is 1. The quantitative estimate of drug-likeness (QED) is 0.462. The number of nitrogens with zero attached hydrogens (tertiary/aromatic N) is 1. The molecule has 1 fully saturated rings. The van der Waals surface area contributed by atoms with Gasteiger partial charge in [0.25, 0.3) is 5.91 Å². The second-order valence-corrected chi connectivity index (χ2v) is 10.5. The number of hydrogen-bond donors (Lipinski definition) is 2. The molecule has 1 unspecified atom stereocenters. The van der Waals surface area contributed by atoms with Gasteiger partial charge < -0.3 is 10.6 Å². The number of benzene rings is 1. The minimum absolute atomic E-state index is 0.130. The summed E-state index contributed by atoms with van der Waals surface area (Å²) >= 11 is 2.77. The van der Waals surface area contributed by atoms with Crippen LogP contribution in [0.15, 0.2) is 53.2 Å². The molecule has 0 aliphatic heterocycles. The Bertz CT molecular complexity index is 1140. The zero-order chi connectivity index (χ0) is 24.1. The monoisotopic (exact) mass is 495 g/mol. The molecule has 2 N–H and O–H groups in total. The van der Waals surface area contributed by atoms with Gasteiger partial charge in [-0.1, -0.05) is 31.0 Å². The molecule has 2 heterocycles. The molecule has 0 spiro atoms. The fourth-order valence-electron chi connectivity index (χ4n) is 4.22. The Labute approximate surface area is 208 Å². The van der Waals surface area contributed by atoms with E-state index in [1.807, 2.05) is 54.9 Å². The molecule has 2 aromatic heterocycles. The van der Waals surface area contributed by atoms with Crippen LogP contribution in [0, 0.1) is 13.8 Å². The highest BCUT2D eigenvalue weighted by atomic mass is 32.1. The molecule has 1 saturated carbocycles. The van der Waals surface area contributed by atoms with Crippen LogP contribution in [-0.2, 0) is 9.59 Å². The SMILES string of the molecule is Cc1ccc(N(C(=O)CNC(=O)c2cccs2)C(C(=O)NC2CCCC2)c2cccs2)cc1C. The molecule has 34 heavy (non-hydrogen) atoms. The molecule has 178 valence electrons. The summed E-state index contributed by atoms with van der Waals surface area (Å²) < 4.78 is 0. The normalized spacial score (nSPS) is 14.5. The lowest BCUT2D eigenvalue weighted by Crippen LogP contribution is -2.49. The molecule has 3 amide bonds. The van der Waals surface area contributed by atoms with Crippen LogP contribution in [0.2, 0.25) is 0 Å². The van der Waals surface area contributed by atoms with Gasteiger partial charge in [-0.25, -0.2) is 0 Å². The van der Waals surface area contributed by atoms with E-state index in [4.69, 9.17) is 0 Å². The summed E-state index contributed by atoms with van der Waals surface area (Å²) in [6.45, 7) is 3.79. The Morgan fingerprint density at radius 2 is 1.74 bits per heavy atom. The third-order valence-electron chi connectivity index (χ3n) is 6.20. The van der Waals surface area contributed by atoms with Gasteiger partial charge >= 0.3 is 0 Å². The fourth-order valence-corrected chi connectivity index (χ4v) is 5.67. The number of rotatable bonds is 8. The van der Waals surface area contributed by atoms with Crippen molar-refractivity contribution in [1.82, 2.24) is 10.6 Å². The lowest BCUT2D eigenvalue weighted by molar-refractivity contribution is -0.126. The highest BCUT2D eigenvalue weighted by Crippen LogP contribution is 2.32. The largest absolute Gasteiger partial charge is 0.351 e. The smallest absolute Gasteiger partial charge is 0.261 e. The van der Waals surface area contributed by atoms with E-state index >= 15 is 0 Å². The van der Waals surface area contributed by atoms with Crippen molar-refractivity contribution in [2.45, 2.75) is 51.6 Å². The molecule has 0 saturated heterocycles. The number of thiophene rings is 2. The average Bonchev–Trinajstić information content (AvgIpc) is 3.61. The highest BCUT2D eigenvalue weighted by molar-refractivity contribution is 7.12. The van der Waals surface area contributed by atoms with E-state index in [2.05, 4.69) is 10.6 Å². The summed E-state index contributed by atoms with van der Waals surface area (Å²) in [5.74, 6) is -0.829. The first kappa shape index (κ1) is 24.2. The van der Waals surface area contributed by atoms with E-state index in [0.29, 0.717) is 10.6 Å². The summed E-state index contributed by atoms with van der Waals surface area (Å²) in [4.78, 5) is 42.6. The van der Waals surface area contributed by atoms with E-state index in [-0.39, 0.29) is 30.3 Å². The first-order valence-electron chi connectivity index (χ1n) is 11.5. The number of nitrogens with one attached hydrogen (secondary N) is 2. The van der Waals surface area contributed by atoms with Crippen molar-refractivity contribution in [2.75, 3.05) is 11.4 Å². The fraction of sp³-hybridized carbons (Fsp3) is 0.346. The van der Waals surface area contributed by atoms with Crippen molar-refractivity contribution in [3.8, 4) is 0 Å². The molecule has 1 aromatic carbocycles. The Morgan fingerprint density at radius 1 is 1.00 bits per heavy atom. The van der Waals surface area contributed by atoms with Crippen molar-refractivity contribution in [3.05, 3.63) is 74.1 Å². The van der Waals surface area contributed by atoms with Crippen molar-refractivity contribution < 1.29 is 14.4 Å². The molecular formula is C26H29N3O3S2. The van der Waals surface area contributed by atoms with Gasteiger partial charge in [0.1, 0.15) is 6.04 Å². The molecule has 4 rings (SSSR count). The van der Waals surface area contributed by atoms with E-state index in [9.17, 15) is 14.4 Å². The van der Waals surface area contributed by atoms with Crippen LogP contribution in [-0.4, -0.2) is 30.3 Å². The van der Waals surface area contributed by atoms with Crippen molar-refractivity contribution >= 4 is 46.1 Å². The summed E-state index contributed by atoms with van der Waals surface area (Å²) in [6, 6.07) is 12.3. The molecule has 1 aliphatic carbocycles. The lowest BCUT2D eigenvalue weighted by Gasteiger charge is -2.32. The maximum atomic E-state index is 13.6. The molecule has 3 aromatic rings. The minimum Gasteiger partial charge on any atom is -0.351 e. The van der Waals surface area contributed by atoms with E-state index in [1.54, 1.807) is 12.1 Å². The van der Waals surface area contributed by atoms with Gasteiger partial charge in [-0.05, 0) is 72.8 Å². The van der Waals surface area contributed by atoms with Crippen molar-refractivity contribution in [2.24, 2.45) is 0 Å². The lowest BCUT2D eigenvalue weighted by atomic mass is 10.1. The number of amides is 3. The number of hydrogen-bond acceptors (Lipinski definition) is 5. The summed E-state index contributed by atoms with van der Waals surface area (Å²) in [7, 11) is 0. The van der Waals surface area contributed by atoms with Crippen LogP contribution >= 0.6 is 22.7 Å². The maximum Gasteiger partial charge on any atom is 0.261 e. The third-order valence-corrected chi connectivity index (χ3v) is 8.00. The Hall–Kier alpha value is -2.97. The summed E-state index contributed by atoms with van der Waals surface area (Å²) in [5, 5.41) is 9.63. The van der Waals surface area contributed by atoms with Crippen LogP contribution in [0.25, 0.3) is 0 Å². The maximum absolute atomic E-state index is 13.6. The third kappa shape index (κ3) is 5.56. The van der Waals surface area contributed by atoms with E-state index in [1.165, 1.54) is 27.6 Å². The summed E-state index contributed by atoms with van der Waals surface area (Å²) in [6.07, 6.45) is 4.11. The highest BCUT2D eigenvalue weighted by Gasteiger charge is 2.35. The predicted molar refractivity (Wildman–Crippen MR) is 138 cm³/mol. The first-order chi connectivity index (χ1) is 16.4. The van der Waals surface area contributed by atoms with Gasteiger partial charge in [0, 0.05) is 16.6 Å². The molecule has 0 radical (unpaired) electrons. The zero-order valence-corrected chi connectivity index (χ0v) is 21.0. The Morgan fingerprint density at radius 3 is 2.38 bits per heavy atom. The number of carbonyl (C=O) groups is 3. The van der Waals surface area contributed by atoms with Crippen LogP contribution in [0.4, 0.5) is 5.69 Å². The second kappa shape index (κ2) is 11.0. The summed E-state index contributed by atoms with van der Waals surface area (Å²) in [5.41, 5.74) is 2.77. The van der Waals surface area contributed by atoms with Gasteiger partial charge in [-0.3, -0.25) is 19.3 Å². The minimum atomic E-state index is -0.811. The number of aryl methyl sites for hydroxylation is 2. The van der Waals surface area contributed by atoms with Gasteiger partial charge in [-0.15, -0.1) is 22.7 Å². The second-order valence-electron chi connectivity index (χ2n) is 8.60. The van der Waals surface area contributed by atoms with Crippen LogP contribution in [0.1, 0.15) is 57.4 Å². The van der Waals surface area contributed by atoms with E-state index < -0.39 is 6.04 Å². The Kier molecular flexibility index (Phi) is 7.80. The molecule has 8 heteroatoms. The average molecular weight is 496 g/mol. The number of carbonyl (C=O) groups excluding carboxylic acids is 3. The van der Waals surface area contributed by atoms with Crippen LogP contribution in [0.5, 0.6) is 0 Å². The van der Waals surface area contributed by atoms with Crippen LogP contribution in [0.3, 0.4) is 0 Å². The van der Waals surface area contributed by atoms with Crippen molar-refractivity contribution in [3.63, 3.8) is 0 Å². The topological polar surface area (TPSA) is 78.5 Å². The van der Waals surface area contributed by atoms with Gasteiger partial charge in [0.2, 0.25) is 11.8 Å². The van der Waals surface area contributed by atoms with Gasteiger partial charge in [-0.2, -0.15) is 0 Å².